The topological polar surface area (TPSA) is 200 Å². The number of anilines is 2. The molecular formula is C43H46CuN8O7S5. The number of thioether (sulfide) groups is 1. The molecular weight excluding hydrogens is 964 g/mol. The van der Waals surface area contributed by atoms with E-state index >= 15 is 0 Å². The summed E-state index contributed by atoms with van der Waals surface area (Å²) in [5, 5.41) is 17.9. The number of nitrogens with zero attached hydrogens (tertiary/aromatic N) is 8. The van der Waals surface area contributed by atoms with Gasteiger partial charge in [-0.3, -0.25) is 9.11 Å². The molecule has 0 saturated heterocycles. The van der Waals surface area contributed by atoms with Gasteiger partial charge in [-0.05, 0) is 142 Å². The molecule has 4 aromatic carbocycles. The summed E-state index contributed by atoms with van der Waals surface area (Å²) in [5.74, 6) is 0.945. The molecule has 2 N–H and O–H groups in total. The first kappa shape index (κ1) is 46.5. The van der Waals surface area contributed by atoms with Crippen molar-refractivity contribution in [3.05, 3.63) is 70.8 Å². The molecule has 0 spiro atoms. The normalized spacial score (nSPS) is 17.9. The van der Waals surface area contributed by atoms with Gasteiger partial charge in [0.25, 0.3) is 20.2 Å². The number of aromatic nitrogens is 2. The van der Waals surface area contributed by atoms with Gasteiger partial charge in [0.2, 0.25) is 10.3 Å². The second-order valence-electron chi connectivity index (χ2n) is 16.7. The number of methoxy groups -OCH3 is 1. The van der Waals surface area contributed by atoms with Crippen molar-refractivity contribution in [2.45, 2.75) is 91.9 Å². The fraction of sp³-hybridized carbons (Fsp3) is 0.395. The summed E-state index contributed by atoms with van der Waals surface area (Å²) in [7, 11) is -7.34. The Kier molecular flexibility index (Phi) is 13.1. The number of aryl methyl sites for hydroxylation is 1. The van der Waals surface area contributed by atoms with Crippen molar-refractivity contribution in [1.82, 2.24) is 9.97 Å². The molecule has 0 bridgehead atoms. The molecule has 64 heavy (non-hydrogen) atoms. The molecule has 341 valence electrons. The Morgan fingerprint density at radius 3 is 1.94 bits per heavy atom. The molecule has 10 rings (SSSR count). The summed E-state index contributed by atoms with van der Waals surface area (Å²) in [6.45, 7) is 9.21. The van der Waals surface area contributed by atoms with E-state index in [1.807, 2.05) is 36.6 Å². The second kappa shape index (κ2) is 18.0. The Labute approximate surface area is 394 Å². The van der Waals surface area contributed by atoms with Gasteiger partial charge in [-0.2, -0.15) is 16.8 Å². The van der Waals surface area contributed by atoms with Crippen LogP contribution in [0.5, 0.6) is 5.75 Å². The van der Waals surface area contributed by atoms with Crippen molar-refractivity contribution in [3.8, 4) is 5.75 Å². The molecule has 0 aliphatic carbocycles. The molecule has 0 amide bonds. The van der Waals surface area contributed by atoms with E-state index in [9.17, 15) is 25.9 Å². The van der Waals surface area contributed by atoms with E-state index in [1.165, 1.54) is 22.7 Å². The summed E-state index contributed by atoms with van der Waals surface area (Å²) in [4.78, 5) is 14.4. The van der Waals surface area contributed by atoms with Crippen LogP contribution in [0.1, 0.15) is 74.6 Å². The van der Waals surface area contributed by atoms with Crippen molar-refractivity contribution in [2.24, 2.45) is 20.5 Å². The first-order valence-electron chi connectivity index (χ1n) is 20.6. The molecule has 1 atom stereocenters. The Bertz CT molecular complexity index is 3100. The van der Waals surface area contributed by atoms with Crippen LogP contribution in [-0.4, -0.2) is 74.4 Å². The molecule has 6 heterocycles. The van der Waals surface area contributed by atoms with Crippen LogP contribution in [0, 0.1) is 0 Å². The van der Waals surface area contributed by atoms with Crippen molar-refractivity contribution in [3.63, 3.8) is 0 Å². The number of ether oxygens (including phenoxy) is 1. The van der Waals surface area contributed by atoms with Crippen molar-refractivity contribution in [1.29, 1.82) is 0 Å². The predicted octanol–water partition coefficient (Wildman–Crippen LogP) is 11.4. The molecule has 1 radical (unpaired) electrons. The third-order valence-corrected chi connectivity index (χ3v) is 16.6. The van der Waals surface area contributed by atoms with Crippen LogP contribution in [0.2, 0.25) is 0 Å². The van der Waals surface area contributed by atoms with Gasteiger partial charge in [-0.1, -0.05) is 29.6 Å². The summed E-state index contributed by atoms with van der Waals surface area (Å²) in [5.41, 5.74) is 7.19. The number of rotatable bonds is 8. The molecule has 0 fully saturated rings. The molecule has 1 unspecified atom stereocenters. The van der Waals surface area contributed by atoms with E-state index in [4.69, 9.17) is 4.74 Å². The third kappa shape index (κ3) is 8.95. The minimum absolute atomic E-state index is 0. The van der Waals surface area contributed by atoms with Crippen LogP contribution in [0.15, 0.2) is 83.7 Å². The molecule has 2 aromatic heterocycles. The molecule has 21 heteroatoms. The van der Waals surface area contributed by atoms with Crippen molar-refractivity contribution >= 4 is 108 Å². The summed E-state index contributed by atoms with van der Waals surface area (Å²) >= 11 is 4.40. The zero-order valence-corrected chi connectivity index (χ0v) is 40.6. The second-order valence-corrected chi connectivity index (χ2v) is 22.3. The smallest absolute Gasteiger partial charge is 0.297 e. The van der Waals surface area contributed by atoms with Crippen LogP contribution in [0.25, 0.3) is 20.4 Å². The van der Waals surface area contributed by atoms with E-state index in [1.54, 1.807) is 31.0 Å². The molecule has 6 aromatic rings. The van der Waals surface area contributed by atoms with E-state index in [2.05, 4.69) is 67.1 Å². The maximum atomic E-state index is 12.5. The largest absolute Gasteiger partial charge is 0.497 e. The first-order chi connectivity index (χ1) is 30.0. The van der Waals surface area contributed by atoms with E-state index in [0.29, 0.717) is 34.2 Å². The van der Waals surface area contributed by atoms with Gasteiger partial charge in [0, 0.05) is 58.5 Å². The van der Waals surface area contributed by atoms with Crippen LogP contribution in [0.3, 0.4) is 0 Å². The number of azo groups is 2. The summed E-state index contributed by atoms with van der Waals surface area (Å²) < 4.78 is 77.0. The quantitative estimate of drug-likeness (QED) is 0.0634. The first-order valence-corrected chi connectivity index (χ1v) is 26.3. The van der Waals surface area contributed by atoms with Gasteiger partial charge >= 0.3 is 0 Å². The van der Waals surface area contributed by atoms with Gasteiger partial charge in [0.15, 0.2) is 0 Å². The molecule has 15 nitrogen and oxygen atoms in total. The number of thiazole rings is 2. The fourth-order valence-electron chi connectivity index (χ4n) is 9.60. The zero-order valence-electron chi connectivity index (χ0n) is 35.6. The maximum absolute atomic E-state index is 12.5. The molecule has 4 aliphatic rings. The zero-order chi connectivity index (χ0) is 44.4. The average molecular weight is 1010 g/mol. The minimum Gasteiger partial charge on any atom is -0.497 e. The van der Waals surface area contributed by atoms with Crippen LogP contribution < -0.4 is 14.5 Å². The van der Waals surface area contributed by atoms with Gasteiger partial charge in [-0.25, -0.2) is 9.97 Å². The third-order valence-electron chi connectivity index (χ3n) is 12.1. The van der Waals surface area contributed by atoms with Crippen molar-refractivity contribution < 1.29 is 47.7 Å². The van der Waals surface area contributed by atoms with Gasteiger partial charge < -0.3 is 14.5 Å². The predicted molar refractivity (Wildman–Crippen MR) is 250 cm³/mol. The summed E-state index contributed by atoms with van der Waals surface area (Å²) in [6, 6.07) is 15.1. The average Bonchev–Trinajstić information content (AvgIpc) is 3.86. The fourth-order valence-corrected chi connectivity index (χ4v) is 13.5. The molecule has 4 aliphatic heterocycles. The van der Waals surface area contributed by atoms with Crippen LogP contribution in [-0.2, 0) is 56.6 Å². The Morgan fingerprint density at radius 2 is 1.33 bits per heavy atom. The monoisotopic (exact) mass is 1010 g/mol. The van der Waals surface area contributed by atoms with Gasteiger partial charge in [0.05, 0.1) is 27.5 Å². The standard InChI is InChI=1S/C23H26N4O4S2.C20H20N4O3S3.Cu/c1-13-12-23(2,3)27-9-5-6-15-20(27)16(13)11-18(21(15)33(28,29)30)25-26-22-24-17-8-7-14(31-4)10-19(17)32-22;1-28-13-6-7-15-17(11-13)29-20(21-15)23-22-16-10-12-4-2-8-24-9-3-5-14(18(12)24)19(16)30(25,26)27;/h7-8,10-11,13H,5-6,9,12H2,1-4H3,(H,28,29,30);6-7,10-11H,2-5,8-9H2,1H3,(H,25,26,27);. The van der Waals surface area contributed by atoms with Crippen LogP contribution >= 0.6 is 34.4 Å². The molecule has 0 saturated carbocycles. The van der Waals surface area contributed by atoms with E-state index in [0.717, 1.165) is 105 Å². The Hall–Kier alpha value is -4.05. The van der Waals surface area contributed by atoms with Crippen LogP contribution in [0.4, 0.5) is 33.0 Å². The Balaban J connectivity index is 0.000000173. The summed E-state index contributed by atoms with van der Waals surface area (Å²) in [6.07, 6.45) is 7.69. The maximum Gasteiger partial charge on any atom is 0.297 e. The number of hydrogen-bond donors (Lipinski definition) is 2. The van der Waals surface area contributed by atoms with Gasteiger partial charge in [0.1, 0.15) is 26.9 Å². The Morgan fingerprint density at radius 1 is 0.766 bits per heavy atom. The van der Waals surface area contributed by atoms with Gasteiger partial charge in [-0.15, -0.1) is 32.2 Å². The van der Waals surface area contributed by atoms with E-state index < -0.39 is 20.2 Å². The SMILES string of the molecule is COc1ccc2nc(N=Nc3cc4c5c(c3S(=O)(=O)O)CCCN5C(C)(C)CC4C)sc2c1.CSc1ccc2nc(N=Nc3cc4c5c(c3S(=O)(=O)O)CCCN5CCC4)sc2c1.[Cu]. The number of hydrogen-bond acceptors (Lipinski definition) is 16. The van der Waals surface area contributed by atoms with E-state index in [-0.39, 0.29) is 49.7 Å². The van der Waals surface area contributed by atoms with Crippen molar-refractivity contribution in [2.75, 3.05) is 42.8 Å². The minimum atomic E-state index is -4.51. The number of fused-ring (bicyclic) bond motifs is 2. The number of benzene rings is 4.